The third-order valence-corrected chi connectivity index (χ3v) is 4.75. The Balaban J connectivity index is 2.68. The Morgan fingerprint density at radius 1 is 1.31 bits per heavy atom. The molecular formula is C21H22ClF4N5O4. The summed E-state index contributed by atoms with van der Waals surface area (Å²) in [5.41, 5.74) is 3.97. The molecule has 2 atom stereocenters. The van der Waals surface area contributed by atoms with Gasteiger partial charge in [-0.05, 0) is 32.9 Å². The summed E-state index contributed by atoms with van der Waals surface area (Å²) in [5.74, 6) is -2.87. The number of alkyl halides is 3. The molecule has 0 saturated carbocycles. The van der Waals surface area contributed by atoms with E-state index in [4.69, 9.17) is 32.2 Å². The van der Waals surface area contributed by atoms with Gasteiger partial charge in [0.15, 0.2) is 6.10 Å². The van der Waals surface area contributed by atoms with Crippen molar-refractivity contribution in [3.8, 4) is 22.9 Å². The number of allylic oxidation sites excluding steroid dienone is 2. The van der Waals surface area contributed by atoms with Crippen molar-refractivity contribution in [3.05, 3.63) is 46.8 Å². The number of rotatable bonds is 8. The fraction of sp³-hybridized carbons (Fsp3) is 0.333. The van der Waals surface area contributed by atoms with Crippen LogP contribution >= 0.6 is 11.6 Å². The number of aliphatic hydroxyl groups excluding tert-OH is 1. The van der Waals surface area contributed by atoms with E-state index in [2.05, 4.69) is 15.3 Å². The Hall–Kier alpha value is -3.45. The molecule has 2 rings (SSSR count). The van der Waals surface area contributed by atoms with Crippen LogP contribution < -0.4 is 20.5 Å². The highest BCUT2D eigenvalue weighted by atomic mass is 35.5. The third-order valence-electron chi connectivity index (χ3n) is 4.56. The van der Waals surface area contributed by atoms with Crippen molar-refractivity contribution < 1.29 is 36.9 Å². The minimum atomic E-state index is -4.81. The number of hydrogen-bond donors (Lipinski definition) is 4. The molecule has 1 heterocycles. The zero-order valence-electron chi connectivity index (χ0n) is 18.9. The zero-order chi connectivity index (χ0) is 26.7. The number of aliphatic hydroxyl groups is 1. The maximum atomic E-state index is 15.1. The van der Waals surface area contributed by atoms with Gasteiger partial charge in [-0.15, -0.1) is 0 Å². The number of nitrogens with zero attached hydrogens (tertiary/aromatic N) is 2. The van der Waals surface area contributed by atoms with Crippen LogP contribution in [0.25, 0.3) is 11.3 Å². The maximum Gasteiger partial charge on any atom is 0.425 e. The van der Waals surface area contributed by atoms with Gasteiger partial charge in [0, 0.05) is 11.3 Å². The van der Waals surface area contributed by atoms with Gasteiger partial charge in [0.1, 0.15) is 22.4 Å². The van der Waals surface area contributed by atoms with Crippen LogP contribution in [-0.4, -0.2) is 45.5 Å². The third kappa shape index (κ3) is 6.57. The average molecular weight is 520 g/mol. The smallest absolute Gasteiger partial charge is 0.425 e. The van der Waals surface area contributed by atoms with Gasteiger partial charge in [0.05, 0.1) is 36.4 Å². The summed E-state index contributed by atoms with van der Waals surface area (Å²) in [7, 11) is 1.28. The second-order valence-corrected chi connectivity index (χ2v) is 7.66. The predicted octanol–water partition coefficient (Wildman–Crippen LogP) is 3.81. The van der Waals surface area contributed by atoms with Crippen LogP contribution in [0.4, 0.5) is 17.6 Å². The second-order valence-electron chi connectivity index (χ2n) is 7.28. The van der Waals surface area contributed by atoms with Crippen molar-refractivity contribution in [2.24, 2.45) is 5.73 Å². The second kappa shape index (κ2) is 10.9. The molecule has 0 aliphatic rings. The molecule has 0 aliphatic heterocycles. The number of halogens is 5. The van der Waals surface area contributed by atoms with E-state index in [9.17, 15) is 23.1 Å². The Kier molecular flexibility index (Phi) is 8.63. The van der Waals surface area contributed by atoms with Gasteiger partial charge in [-0.25, -0.2) is 14.4 Å². The average Bonchev–Trinajstić information content (AvgIpc) is 2.76. The van der Waals surface area contributed by atoms with Gasteiger partial charge >= 0.3 is 6.18 Å². The summed E-state index contributed by atoms with van der Waals surface area (Å²) in [6.07, 6.45) is -7.27. The van der Waals surface area contributed by atoms with Crippen molar-refractivity contribution in [1.29, 1.82) is 5.41 Å². The molecule has 0 fully saturated rings. The number of aromatic nitrogens is 2. The van der Waals surface area contributed by atoms with E-state index in [1.165, 1.54) is 21.0 Å². The number of carbonyl (C=O) groups excluding carboxylic acids is 1. The number of nitrogens with two attached hydrogens (primary N) is 1. The van der Waals surface area contributed by atoms with E-state index in [0.717, 1.165) is 12.3 Å². The Morgan fingerprint density at radius 3 is 2.43 bits per heavy atom. The Bertz CT molecular complexity index is 1170. The molecule has 1 aromatic carbocycles. The molecule has 2 aromatic rings. The fourth-order valence-corrected chi connectivity index (χ4v) is 2.94. The summed E-state index contributed by atoms with van der Waals surface area (Å²) < 4.78 is 64.6. The maximum absolute atomic E-state index is 15.1. The van der Waals surface area contributed by atoms with Crippen molar-refractivity contribution in [1.82, 2.24) is 15.3 Å². The number of amides is 1. The molecule has 190 valence electrons. The fourth-order valence-electron chi connectivity index (χ4n) is 2.74. The molecule has 14 heteroatoms. The Labute approximate surface area is 202 Å². The van der Waals surface area contributed by atoms with Gasteiger partial charge in [-0.1, -0.05) is 11.6 Å². The van der Waals surface area contributed by atoms with Gasteiger partial charge in [-0.2, -0.15) is 13.2 Å². The van der Waals surface area contributed by atoms with E-state index in [1.54, 1.807) is 0 Å². The van der Waals surface area contributed by atoms with Gasteiger partial charge < -0.3 is 25.6 Å². The first-order chi connectivity index (χ1) is 16.2. The number of methoxy groups -OCH3 is 1. The standard InChI is InChI=1S/C21H22ClF4N5O4/c1-8(27)16(18(22)28)31-19(33)12-5-13(23)11(6-15(12)35-10(3)21(24,25)26)14-7-29-20(34-4)17(30-14)9(2)32/h5-7,9-10,28,32H,27H2,1-4H3,(H,31,33)/b16-8-,28-18?/t9?,10-/m0/s1. The highest BCUT2D eigenvalue weighted by Gasteiger charge is 2.39. The first kappa shape index (κ1) is 27.8. The van der Waals surface area contributed by atoms with Gasteiger partial charge in [0.25, 0.3) is 5.91 Å². The van der Waals surface area contributed by atoms with E-state index < -0.39 is 46.6 Å². The molecule has 1 amide bonds. The summed E-state index contributed by atoms with van der Waals surface area (Å²) in [6.45, 7) is 3.38. The molecule has 5 N–H and O–H groups in total. The van der Waals surface area contributed by atoms with Crippen LogP contribution in [0.2, 0.25) is 0 Å². The van der Waals surface area contributed by atoms with Crippen molar-refractivity contribution in [2.75, 3.05) is 7.11 Å². The largest absolute Gasteiger partial charge is 0.480 e. The lowest BCUT2D eigenvalue weighted by Crippen LogP contribution is -2.33. The van der Waals surface area contributed by atoms with Crippen LogP contribution in [0.1, 0.15) is 42.9 Å². The molecule has 1 unspecified atom stereocenters. The minimum absolute atomic E-state index is 0.0395. The number of hydrogen-bond acceptors (Lipinski definition) is 8. The van der Waals surface area contributed by atoms with E-state index in [-0.39, 0.29) is 34.2 Å². The number of nitrogens with one attached hydrogen (secondary N) is 2. The molecule has 0 saturated heterocycles. The topological polar surface area (TPSA) is 143 Å². The molecule has 9 nitrogen and oxygen atoms in total. The predicted molar refractivity (Wildman–Crippen MR) is 119 cm³/mol. The molecule has 0 radical (unpaired) electrons. The minimum Gasteiger partial charge on any atom is -0.480 e. The summed E-state index contributed by atoms with van der Waals surface area (Å²) in [6, 6.07) is 1.48. The summed E-state index contributed by atoms with van der Waals surface area (Å²) in [5, 5.41) is 18.9. The van der Waals surface area contributed by atoms with Crippen molar-refractivity contribution >= 4 is 22.7 Å². The highest BCUT2D eigenvalue weighted by molar-refractivity contribution is 6.68. The Morgan fingerprint density at radius 2 is 1.94 bits per heavy atom. The SMILES string of the molecule is COc1ncc(-c2cc(O[C@@H](C)C(F)(F)F)c(C(=O)N/C(C(=N)Cl)=C(/C)N)cc2F)nc1C(C)O. The van der Waals surface area contributed by atoms with Crippen LogP contribution in [0.3, 0.4) is 0 Å². The molecular weight excluding hydrogens is 498 g/mol. The van der Waals surface area contributed by atoms with E-state index in [1.807, 2.05) is 0 Å². The lowest BCUT2D eigenvalue weighted by atomic mass is 10.1. The molecule has 0 aliphatic carbocycles. The van der Waals surface area contributed by atoms with Crippen LogP contribution in [-0.2, 0) is 0 Å². The molecule has 1 aromatic heterocycles. The van der Waals surface area contributed by atoms with Crippen molar-refractivity contribution in [2.45, 2.75) is 39.2 Å². The zero-order valence-corrected chi connectivity index (χ0v) is 19.7. The van der Waals surface area contributed by atoms with Gasteiger partial charge in [-0.3, -0.25) is 10.2 Å². The van der Waals surface area contributed by atoms with Crippen molar-refractivity contribution in [3.63, 3.8) is 0 Å². The monoisotopic (exact) mass is 519 g/mol. The van der Waals surface area contributed by atoms with E-state index >= 15 is 4.39 Å². The lowest BCUT2D eigenvalue weighted by Gasteiger charge is -2.21. The lowest BCUT2D eigenvalue weighted by molar-refractivity contribution is -0.189. The van der Waals surface area contributed by atoms with Crippen LogP contribution in [0, 0.1) is 11.2 Å². The van der Waals surface area contributed by atoms with E-state index in [0.29, 0.717) is 13.0 Å². The quantitative estimate of drug-likeness (QED) is 0.307. The number of benzene rings is 1. The molecule has 35 heavy (non-hydrogen) atoms. The summed E-state index contributed by atoms with van der Waals surface area (Å²) >= 11 is 5.59. The number of ether oxygens (including phenoxy) is 2. The highest BCUT2D eigenvalue weighted by Crippen LogP contribution is 2.34. The normalized spacial score (nSPS) is 14.0. The first-order valence-corrected chi connectivity index (χ1v) is 10.2. The first-order valence-electron chi connectivity index (χ1n) is 9.85. The van der Waals surface area contributed by atoms with Crippen LogP contribution in [0.5, 0.6) is 11.6 Å². The molecule has 0 spiro atoms. The number of carbonyl (C=O) groups is 1. The van der Waals surface area contributed by atoms with Crippen LogP contribution in [0.15, 0.2) is 29.7 Å². The van der Waals surface area contributed by atoms with Gasteiger partial charge in [0.2, 0.25) is 5.88 Å². The summed E-state index contributed by atoms with van der Waals surface area (Å²) in [4.78, 5) is 20.8. The molecule has 0 bridgehead atoms.